The maximum Gasteiger partial charge on any atom is 0.251 e. The lowest BCUT2D eigenvalue weighted by Crippen LogP contribution is -2.38. The molecule has 4 heteroatoms. The quantitative estimate of drug-likeness (QED) is 0.900. The van der Waals surface area contributed by atoms with E-state index in [9.17, 15) is 4.79 Å². The van der Waals surface area contributed by atoms with Crippen molar-refractivity contribution in [2.24, 2.45) is 5.92 Å². The molecular weight excluding hydrogens is 250 g/mol. The van der Waals surface area contributed by atoms with Crippen molar-refractivity contribution in [2.45, 2.75) is 45.1 Å². The molecule has 1 aromatic heterocycles. The Kier molecular flexibility index (Phi) is 3.72. The normalized spacial score (nSPS) is 18.1. The van der Waals surface area contributed by atoms with Gasteiger partial charge in [-0.3, -0.25) is 4.79 Å². The van der Waals surface area contributed by atoms with E-state index in [-0.39, 0.29) is 11.9 Å². The van der Waals surface area contributed by atoms with Crippen LogP contribution in [0.25, 0.3) is 11.0 Å². The van der Waals surface area contributed by atoms with Gasteiger partial charge in [-0.25, -0.2) is 4.98 Å². The minimum absolute atomic E-state index is 0.0135. The van der Waals surface area contributed by atoms with Gasteiger partial charge in [0.05, 0.1) is 17.4 Å². The summed E-state index contributed by atoms with van der Waals surface area (Å²) in [5, 5.41) is 3.15. The van der Waals surface area contributed by atoms with Crippen LogP contribution in [0.4, 0.5) is 0 Å². The summed E-state index contributed by atoms with van der Waals surface area (Å²) in [6.07, 6.45) is 8.06. The van der Waals surface area contributed by atoms with Gasteiger partial charge in [0.1, 0.15) is 0 Å². The highest BCUT2D eigenvalue weighted by atomic mass is 16.1. The second-order valence-electron chi connectivity index (χ2n) is 5.79. The van der Waals surface area contributed by atoms with Crippen LogP contribution in [0, 0.1) is 5.92 Å². The smallest absolute Gasteiger partial charge is 0.251 e. The molecule has 4 nitrogen and oxygen atoms in total. The molecule has 1 amide bonds. The molecule has 106 valence electrons. The minimum atomic E-state index is 0.0135. The predicted octanol–water partition coefficient (Wildman–Crippen LogP) is 3.26. The molecule has 2 aromatic rings. The molecule has 1 aliphatic carbocycles. The molecule has 0 radical (unpaired) electrons. The van der Waals surface area contributed by atoms with Gasteiger partial charge in [0.15, 0.2) is 0 Å². The lowest BCUT2D eigenvalue weighted by Gasteiger charge is -2.28. The molecule has 1 fully saturated rings. The van der Waals surface area contributed by atoms with Crippen LogP contribution >= 0.6 is 0 Å². The number of aromatic amines is 1. The van der Waals surface area contributed by atoms with Crippen molar-refractivity contribution in [2.75, 3.05) is 0 Å². The summed E-state index contributed by atoms with van der Waals surface area (Å²) in [6, 6.07) is 5.84. The third kappa shape index (κ3) is 2.69. The van der Waals surface area contributed by atoms with Crippen molar-refractivity contribution in [1.82, 2.24) is 15.3 Å². The molecule has 0 spiro atoms. The van der Waals surface area contributed by atoms with Gasteiger partial charge >= 0.3 is 0 Å². The van der Waals surface area contributed by atoms with Gasteiger partial charge in [-0.15, -0.1) is 0 Å². The highest BCUT2D eigenvalue weighted by Gasteiger charge is 2.21. The highest BCUT2D eigenvalue weighted by Crippen LogP contribution is 2.26. The highest BCUT2D eigenvalue weighted by molar-refractivity contribution is 5.97. The number of carbonyl (C=O) groups excluding carboxylic acids is 1. The van der Waals surface area contributed by atoms with Crippen molar-refractivity contribution in [3.05, 3.63) is 30.1 Å². The van der Waals surface area contributed by atoms with E-state index in [0.717, 1.165) is 11.0 Å². The number of benzene rings is 1. The Morgan fingerprint density at radius 3 is 2.95 bits per heavy atom. The summed E-state index contributed by atoms with van der Waals surface area (Å²) in [4.78, 5) is 19.5. The number of nitrogens with one attached hydrogen (secondary N) is 2. The van der Waals surface area contributed by atoms with Crippen LogP contribution in [0.2, 0.25) is 0 Å². The number of rotatable bonds is 3. The number of nitrogens with zero attached hydrogens (tertiary/aromatic N) is 1. The zero-order chi connectivity index (χ0) is 13.9. The number of fused-ring (bicyclic) bond motifs is 1. The zero-order valence-corrected chi connectivity index (χ0v) is 11.9. The van der Waals surface area contributed by atoms with Gasteiger partial charge in [-0.2, -0.15) is 0 Å². The monoisotopic (exact) mass is 271 g/mol. The fourth-order valence-electron chi connectivity index (χ4n) is 3.12. The Balaban J connectivity index is 1.68. The molecular formula is C16H21N3O. The number of aromatic nitrogens is 2. The fraction of sp³-hybridized carbons (Fsp3) is 0.500. The zero-order valence-electron chi connectivity index (χ0n) is 11.9. The Bertz CT molecular complexity index is 599. The molecule has 1 unspecified atom stereocenters. The van der Waals surface area contributed by atoms with Crippen molar-refractivity contribution in [3.63, 3.8) is 0 Å². The Hall–Kier alpha value is -1.84. The number of H-pyrrole nitrogens is 1. The van der Waals surface area contributed by atoms with Crippen molar-refractivity contribution in [1.29, 1.82) is 0 Å². The standard InChI is InChI=1S/C16H21N3O/c1-11(12-5-3-2-4-6-12)19-16(20)13-7-8-14-15(9-13)18-10-17-14/h7-12H,2-6H2,1H3,(H,17,18)(H,19,20). The number of carbonyl (C=O) groups is 1. The van der Waals surface area contributed by atoms with Gasteiger partial charge in [-0.05, 0) is 43.9 Å². The van der Waals surface area contributed by atoms with Crippen LogP contribution in [-0.4, -0.2) is 21.9 Å². The first-order chi connectivity index (χ1) is 9.74. The Morgan fingerprint density at radius 1 is 1.35 bits per heavy atom. The summed E-state index contributed by atoms with van der Waals surface area (Å²) in [7, 11) is 0. The first-order valence-electron chi connectivity index (χ1n) is 7.48. The molecule has 1 aromatic carbocycles. The summed E-state index contributed by atoms with van der Waals surface area (Å²) < 4.78 is 0. The maximum absolute atomic E-state index is 12.3. The van der Waals surface area contributed by atoms with E-state index in [1.165, 1.54) is 32.1 Å². The van der Waals surface area contributed by atoms with Crippen LogP contribution in [0.15, 0.2) is 24.5 Å². The molecule has 1 saturated carbocycles. The molecule has 1 heterocycles. The van der Waals surface area contributed by atoms with Gasteiger partial charge in [0.2, 0.25) is 0 Å². The summed E-state index contributed by atoms with van der Waals surface area (Å²) >= 11 is 0. The molecule has 2 N–H and O–H groups in total. The van der Waals surface area contributed by atoms with Gasteiger partial charge < -0.3 is 10.3 Å². The molecule has 1 aliphatic rings. The minimum Gasteiger partial charge on any atom is -0.349 e. The van der Waals surface area contributed by atoms with Gasteiger partial charge in [0.25, 0.3) is 5.91 Å². The lowest BCUT2D eigenvalue weighted by molar-refractivity contribution is 0.0919. The maximum atomic E-state index is 12.3. The van der Waals surface area contributed by atoms with Crippen molar-refractivity contribution < 1.29 is 4.79 Å². The fourth-order valence-corrected chi connectivity index (χ4v) is 3.12. The molecule has 1 atom stereocenters. The third-order valence-corrected chi connectivity index (χ3v) is 4.40. The van der Waals surface area contributed by atoms with E-state index in [4.69, 9.17) is 0 Å². The van der Waals surface area contributed by atoms with E-state index in [2.05, 4.69) is 22.2 Å². The Morgan fingerprint density at radius 2 is 2.15 bits per heavy atom. The van der Waals surface area contributed by atoms with E-state index >= 15 is 0 Å². The average molecular weight is 271 g/mol. The second-order valence-corrected chi connectivity index (χ2v) is 5.79. The largest absolute Gasteiger partial charge is 0.349 e. The van der Waals surface area contributed by atoms with Crippen LogP contribution in [0.3, 0.4) is 0 Å². The number of imidazole rings is 1. The summed E-state index contributed by atoms with van der Waals surface area (Å²) in [6.45, 7) is 2.13. The second kappa shape index (κ2) is 5.65. The summed E-state index contributed by atoms with van der Waals surface area (Å²) in [5.41, 5.74) is 2.49. The van der Waals surface area contributed by atoms with Crippen molar-refractivity contribution in [3.8, 4) is 0 Å². The average Bonchev–Trinajstić information content (AvgIpc) is 2.95. The van der Waals surface area contributed by atoms with E-state index < -0.39 is 0 Å². The number of amides is 1. The van der Waals surface area contributed by atoms with Gasteiger partial charge in [-0.1, -0.05) is 19.3 Å². The number of hydrogen-bond donors (Lipinski definition) is 2. The Labute approximate surface area is 119 Å². The third-order valence-electron chi connectivity index (χ3n) is 4.40. The van der Waals surface area contributed by atoms with E-state index in [0.29, 0.717) is 11.5 Å². The van der Waals surface area contributed by atoms with E-state index in [1.807, 2.05) is 18.2 Å². The van der Waals surface area contributed by atoms with Crippen LogP contribution in [0.1, 0.15) is 49.4 Å². The van der Waals surface area contributed by atoms with Crippen LogP contribution in [0.5, 0.6) is 0 Å². The molecule has 3 rings (SSSR count). The lowest BCUT2D eigenvalue weighted by atomic mass is 9.84. The number of hydrogen-bond acceptors (Lipinski definition) is 2. The first kappa shape index (κ1) is 13.2. The van der Waals surface area contributed by atoms with Crippen LogP contribution in [-0.2, 0) is 0 Å². The molecule has 0 aliphatic heterocycles. The molecule has 20 heavy (non-hydrogen) atoms. The van der Waals surface area contributed by atoms with E-state index in [1.54, 1.807) is 6.33 Å². The first-order valence-corrected chi connectivity index (χ1v) is 7.48. The topological polar surface area (TPSA) is 57.8 Å². The molecule has 0 bridgehead atoms. The predicted molar refractivity (Wildman–Crippen MR) is 79.6 cm³/mol. The SMILES string of the molecule is CC(NC(=O)c1ccc2nc[nH]c2c1)C1CCCCC1. The molecule has 0 saturated heterocycles. The van der Waals surface area contributed by atoms with Crippen LogP contribution < -0.4 is 5.32 Å². The van der Waals surface area contributed by atoms with Crippen molar-refractivity contribution >= 4 is 16.9 Å². The summed E-state index contributed by atoms with van der Waals surface area (Å²) in [5.74, 6) is 0.642. The van der Waals surface area contributed by atoms with Gasteiger partial charge in [0, 0.05) is 11.6 Å².